The Bertz CT molecular complexity index is 518. The Morgan fingerprint density at radius 3 is 2.78 bits per heavy atom. The fourth-order valence-electron chi connectivity index (χ4n) is 2.03. The third kappa shape index (κ3) is 2.60. The molecule has 0 amide bonds. The molecular formula is C13H18ClN3S. The van der Waals surface area contributed by atoms with Crippen LogP contribution in [-0.4, -0.2) is 16.3 Å². The zero-order valence-corrected chi connectivity index (χ0v) is 12.5. The molecule has 2 aromatic rings. The van der Waals surface area contributed by atoms with Gasteiger partial charge in [0.25, 0.3) is 0 Å². The van der Waals surface area contributed by atoms with Crippen molar-refractivity contribution >= 4 is 22.9 Å². The van der Waals surface area contributed by atoms with Gasteiger partial charge in [0.1, 0.15) is 0 Å². The number of rotatable bonds is 5. The normalized spacial score (nSPS) is 12.9. The van der Waals surface area contributed by atoms with Crippen LogP contribution in [0.5, 0.6) is 0 Å². The van der Waals surface area contributed by atoms with E-state index in [1.807, 2.05) is 23.2 Å². The van der Waals surface area contributed by atoms with E-state index in [-0.39, 0.29) is 6.04 Å². The second kappa shape index (κ2) is 5.87. The van der Waals surface area contributed by atoms with Gasteiger partial charge in [-0.2, -0.15) is 5.10 Å². The van der Waals surface area contributed by atoms with E-state index in [0.717, 1.165) is 34.3 Å². The molecule has 1 unspecified atom stereocenters. The molecule has 0 fully saturated rings. The number of hydrogen-bond donors (Lipinski definition) is 1. The van der Waals surface area contributed by atoms with Crippen LogP contribution in [0.3, 0.4) is 0 Å². The molecule has 98 valence electrons. The number of halogens is 1. The first kappa shape index (κ1) is 13.6. The van der Waals surface area contributed by atoms with Gasteiger partial charge in [0.2, 0.25) is 0 Å². The largest absolute Gasteiger partial charge is 0.305 e. The maximum absolute atomic E-state index is 6.25. The van der Waals surface area contributed by atoms with E-state index < -0.39 is 0 Å². The van der Waals surface area contributed by atoms with Crippen LogP contribution in [-0.2, 0) is 13.5 Å². The fourth-order valence-corrected chi connectivity index (χ4v) is 3.29. The zero-order valence-electron chi connectivity index (χ0n) is 10.9. The molecule has 0 aliphatic heterocycles. The first-order valence-corrected chi connectivity index (χ1v) is 7.42. The molecule has 1 N–H and O–H groups in total. The smallest absolute Gasteiger partial charge is 0.0856 e. The van der Waals surface area contributed by atoms with E-state index in [9.17, 15) is 0 Å². The molecule has 0 saturated carbocycles. The number of thiophene rings is 1. The summed E-state index contributed by atoms with van der Waals surface area (Å²) in [5.41, 5.74) is 2.28. The highest BCUT2D eigenvalue weighted by molar-refractivity contribution is 7.10. The van der Waals surface area contributed by atoms with Crippen molar-refractivity contribution in [3.63, 3.8) is 0 Å². The van der Waals surface area contributed by atoms with E-state index in [0.29, 0.717) is 0 Å². The summed E-state index contributed by atoms with van der Waals surface area (Å²) in [4.78, 5) is 1.16. The minimum Gasteiger partial charge on any atom is -0.305 e. The van der Waals surface area contributed by atoms with E-state index in [2.05, 4.69) is 30.3 Å². The van der Waals surface area contributed by atoms with Gasteiger partial charge in [-0.05, 0) is 30.5 Å². The van der Waals surface area contributed by atoms with Gasteiger partial charge in [0.15, 0.2) is 0 Å². The predicted molar refractivity (Wildman–Crippen MR) is 77.4 cm³/mol. The lowest BCUT2D eigenvalue weighted by molar-refractivity contribution is 0.578. The first-order chi connectivity index (χ1) is 8.67. The van der Waals surface area contributed by atoms with E-state index in [4.69, 9.17) is 11.6 Å². The lowest BCUT2D eigenvalue weighted by atomic mass is 10.1. The van der Waals surface area contributed by atoms with Crippen LogP contribution in [0.2, 0.25) is 5.02 Å². The molecule has 0 aliphatic carbocycles. The molecule has 18 heavy (non-hydrogen) atoms. The average molecular weight is 284 g/mol. The minimum atomic E-state index is 0.125. The third-order valence-corrected chi connectivity index (χ3v) is 4.36. The Hall–Kier alpha value is -0.840. The summed E-state index contributed by atoms with van der Waals surface area (Å²) in [5.74, 6) is 0. The monoisotopic (exact) mass is 283 g/mol. The summed E-state index contributed by atoms with van der Waals surface area (Å²) in [6, 6.07) is 4.23. The predicted octanol–water partition coefficient (Wildman–Crippen LogP) is 3.40. The molecule has 5 heteroatoms. The van der Waals surface area contributed by atoms with Crippen LogP contribution in [0.4, 0.5) is 0 Å². The molecule has 0 bridgehead atoms. The van der Waals surface area contributed by atoms with Crippen molar-refractivity contribution in [3.8, 4) is 0 Å². The number of aryl methyl sites for hydroxylation is 2. The Balaban J connectivity index is 2.41. The molecule has 2 aromatic heterocycles. The summed E-state index contributed by atoms with van der Waals surface area (Å²) < 4.78 is 1.95. The lowest BCUT2D eigenvalue weighted by Crippen LogP contribution is -2.23. The Morgan fingerprint density at radius 1 is 1.50 bits per heavy atom. The van der Waals surface area contributed by atoms with Crippen LogP contribution in [0.25, 0.3) is 0 Å². The zero-order chi connectivity index (χ0) is 13.1. The highest BCUT2D eigenvalue weighted by Crippen LogP contribution is 2.33. The number of nitrogens with one attached hydrogen (secondary N) is 1. The Labute approximate surface area is 117 Å². The maximum Gasteiger partial charge on any atom is 0.0856 e. The van der Waals surface area contributed by atoms with Gasteiger partial charge < -0.3 is 5.32 Å². The molecule has 0 radical (unpaired) electrons. The van der Waals surface area contributed by atoms with Crippen molar-refractivity contribution in [2.24, 2.45) is 7.05 Å². The first-order valence-electron chi connectivity index (χ1n) is 6.16. The van der Waals surface area contributed by atoms with Gasteiger partial charge in [-0.1, -0.05) is 25.4 Å². The van der Waals surface area contributed by atoms with Crippen LogP contribution >= 0.6 is 22.9 Å². The summed E-state index contributed by atoms with van der Waals surface area (Å²) in [6.45, 7) is 5.11. The SMILES string of the molecule is CCNC(c1sccc1Cl)c1cc(CC)nn1C. The minimum absolute atomic E-state index is 0.125. The van der Waals surface area contributed by atoms with Gasteiger partial charge in [-0.3, -0.25) is 4.68 Å². The van der Waals surface area contributed by atoms with E-state index in [1.165, 1.54) is 0 Å². The third-order valence-electron chi connectivity index (χ3n) is 2.94. The molecule has 1 atom stereocenters. The number of nitrogens with zero attached hydrogens (tertiary/aromatic N) is 2. The summed E-state index contributed by atoms with van der Waals surface area (Å²) >= 11 is 7.94. The summed E-state index contributed by atoms with van der Waals surface area (Å²) in [6.07, 6.45) is 0.949. The maximum atomic E-state index is 6.25. The number of aromatic nitrogens is 2. The molecule has 0 spiro atoms. The standard InChI is InChI=1S/C13H18ClN3S/c1-4-9-8-11(17(3)16-9)12(15-5-2)13-10(14)6-7-18-13/h6-8,12,15H,4-5H2,1-3H3. The van der Waals surface area contributed by atoms with Gasteiger partial charge in [-0.25, -0.2) is 0 Å². The Kier molecular flexibility index (Phi) is 4.43. The topological polar surface area (TPSA) is 29.9 Å². The van der Waals surface area contributed by atoms with Gasteiger partial charge in [0, 0.05) is 11.9 Å². The number of hydrogen-bond acceptors (Lipinski definition) is 3. The van der Waals surface area contributed by atoms with Crippen LogP contribution in [0.1, 0.15) is 36.2 Å². The molecular weight excluding hydrogens is 266 g/mol. The van der Waals surface area contributed by atoms with Crippen LogP contribution < -0.4 is 5.32 Å². The van der Waals surface area contributed by atoms with Crippen LogP contribution in [0, 0.1) is 0 Å². The van der Waals surface area contributed by atoms with Gasteiger partial charge in [0.05, 0.1) is 22.5 Å². The second-order valence-corrected chi connectivity index (χ2v) is 5.52. The van der Waals surface area contributed by atoms with Gasteiger partial charge >= 0.3 is 0 Å². The van der Waals surface area contributed by atoms with E-state index >= 15 is 0 Å². The van der Waals surface area contributed by atoms with Gasteiger partial charge in [-0.15, -0.1) is 11.3 Å². The highest BCUT2D eigenvalue weighted by Gasteiger charge is 2.21. The van der Waals surface area contributed by atoms with Crippen molar-refractivity contribution < 1.29 is 0 Å². The van der Waals surface area contributed by atoms with Crippen molar-refractivity contribution in [2.45, 2.75) is 26.3 Å². The summed E-state index contributed by atoms with van der Waals surface area (Å²) in [5, 5.41) is 10.8. The highest BCUT2D eigenvalue weighted by atomic mass is 35.5. The molecule has 0 aliphatic rings. The quantitative estimate of drug-likeness (QED) is 0.911. The van der Waals surface area contributed by atoms with E-state index in [1.54, 1.807) is 11.3 Å². The Morgan fingerprint density at radius 2 is 2.28 bits per heavy atom. The molecule has 2 rings (SSSR count). The van der Waals surface area contributed by atoms with Crippen molar-refractivity contribution in [1.29, 1.82) is 0 Å². The molecule has 0 saturated heterocycles. The summed E-state index contributed by atoms with van der Waals surface area (Å²) in [7, 11) is 1.99. The molecule has 3 nitrogen and oxygen atoms in total. The lowest BCUT2D eigenvalue weighted by Gasteiger charge is -2.17. The molecule has 2 heterocycles. The second-order valence-electron chi connectivity index (χ2n) is 4.16. The average Bonchev–Trinajstić information content (AvgIpc) is 2.93. The molecule has 0 aromatic carbocycles. The van der Waals surface area contributed by atoms with Crippen LogP contribution in [0.15, 0.2) is 17.5 Å². The van der Waals surface area contributed by atoms with Crippen molar-refractivity contribution in [2.75, 3.05) is 6.54 Å². The van der Waals surface area contributed by atoms with Crippen molar-refractivity contribution in [3.05, 3.63) is 38.8 Å². The van der Waals surface area contributed by atoms with Crippen molar-refractivity contribution in [1.82, 2.24) is 15.1 Å². The fraction of sp³-hybridized carbons (Fsp3) is 0.462.